The normalized spacial score (nSPS) is 20.3. The summed E-state index contributed by atoms with van der Waals surface area (Å²) in [4.78, 5) is 0. The molecular weight excluding hydrogens is 306 g/mol. The van der Waals surface area contributed by atoms with E-state index in [1.54, 1.807) is 0 Å². The predicted octanol–water partition coefficient (Wildman–Crippen LogP) is 3.68. The number of halogens is 1. The Bertz CT molecular complexity index is 411. The van der Waals surface area contributed by atoms with Crippen LogP contribution in [0.3, 0.4) is 0 Å². The molecular formula is C15H22BrNO2. The van der Waals surface area contributed by atoms with E-state index in [1.165, 1.54) is 5.56 Å². The van der Waals surface area contributed by atoms with Gasteiger partial charge in [-0.1, -0.05) is 22.0 Å². The molecule has 1 heterocycles. The van der Waals surface area contributed by atoms with Crippen LogP contribution < -0.4 is 10.1 Å². The molecule has 0 fully saturated rings. The van der Waals surface area contributed by atoms with Crippen LogP contribution in [0, 0.1) is 0 Å². The van der Waals surface area contributed by atoms with E-state index in [1.807, 2.05) is 6.92 Å². The summed E-state index contributed by atoms with van der Waals surface area (Å²) in [5, 5.41) is 3.65. The van der Waals surface area contributed by atoms with Crippen LogP contribution >= 0.6 is 15.9 Å². The lowest BCUT2D eigenvalue weighted by atomic mass is 10.0. The summed E-state index contributed by atoms with van der Waals surface area (Å²) in [5.41, 5.74) is 1.25. The van der Waals surface area contributed by atoms with Gasteiger partial charge in [0.05, 0.1) is 13.2 Å². The summed E-state index contributed by atoms with van der Waals surface area (Å²) in [5.74, 6) is 0.994. The zero-order valence-corrected chi connectivity index (χ0v) is 13.2. The Morgan fingerprint density at radius 1 is 1.53 bits per heavy atom. The van der Waals surface area contributed by atoms with Crippen LogP contribution in [-0.4, -0.2) is 25.9 Å². The maximum atomic E-state index is 5.82. The standard InChI is InChI=1S/C15H22BrNO2/c1-3-18-10-11(2)17-14-5-4-8-19-15-9-12(16)6-7-13(14)15/h6-7,9,11,14,17H,3-5,8,10H2,1-2H3. The van der Waals surface area contributed by atoms with Gasteiger partial charge in [0.15, 0.2) is 0 Å². The molecule has 1 aromatic rings. The monoisotopic (exact) mass is 327 g/mol. The van der Waals surface area contributed by atoms with Gasteiger partial charge in [0.1, 0.15) is 5.75 Å². The molecule has 1 aromatic carbocycles. The van der Waals surface area contributed by atoms with Crippen molar-refractivity contribution in [2.75, 3.05) is 19.8 Å². The molecule has 0 bridgehead atoms. The van der Waals surface area contributed by atoms with Crippen LogP contribution in [-0.2, 0) is 4.74 Å². The average Bonchev–Trinajstić information content (AvgIpc) is 2.58. The highest BCUT2D eigenvalue weighted by Crippen LogP contribution is 2.33. The van der Waals surface area contributed by atoms with Crippen LogP contribution in [0.1, 0.15) is 38.3 Å². The van der Waals surface area contributed by atoms with Gasteiger partial charge < -0.3 is 14.8 Å². The Kier molecular flexibility index (Phi) is 5.67. The number of rotatable bonds is 5. The maximum absolute atomic E-state index is 5.82. The van der Waals surface area contributed by atoms with Crippen molar-refractivity contribution in [3.8, 4) is 5.75 Å². The van der Waals surface area contributed by atoms with Gasteiger partial charge in [-0.3, -0.25) is 0 Å². The second-order valence-corrected chi connectivity index (χ2v) is 5.87. The molecule has 0 aromatic heterocycles. The number of hydrogen-bond acceptors (Lipinski definition) is 3. The molecule has 0 aliphatic carbocycles. The highest BCUT2D eigenvalue weighted by Gasteiger charge is 2.21. The van der Waals surface area contributed by atoms with E-state index in [4.69, 9.17) is 9.47 Å². The van der Waals surface area contributed by atoms with Gasteiger partial charge in [-0.05, 0) is 38.8 Å². The highest BCUT2D eigenvalue weighted by molar-refractivity contribution is 9.10. The fourth-order valence-electron chi connectivity index (χ4n) is 2.41. The van der Waals surface area contributed by atoms with Gasteiger partial charge in [0, 0.05) is 28.7 Å². The van der Waals surface area contributed by atoms with Gasteiger partial charge in [-0.15, -0.1) is 0 Å². The van der Waals surface area contributed by atoms with E-state index in [0.29, 0.717) is 12.1 Å². The summed E-state index contributed by atoms with van der Waals surface area (Å²) in [7, 11) is 0. The Hall–Kier alpha value is -0.580. The van der Waals surface area contributed by atoms with Gasteiger partial charge in [0.2, 0.25) is 0 Å². The number of nitrogens with one attached hydrogen (secondary N) is 1. The minimum absolute atomic E-state index is 0.347. The fourth-order valence-corrected chi connectivity index (χ4v) is 2.75. The van der Waals surface area contributed by atoms with Crippen LogP contribution in [0.4, 0.5) is 0 Å². The summed E-state index contributed by atoms with van der Waals surface area (Å²) in [6.07, 6.45) is 2.18. The zero-order valence-electron chi connectivity index (χ0n) is 11.6. The second kappa shape index (κ2) is 7.27. The lowest BCUT2D eigenvalue weighted by Gasteiger charge is -2.23. The molecule has 1 aliphatic rings. The third kappa shape index (κ3) is 4.20. The quantitative estimate of drug-likeness (QED) is 0.894. The molecule has 4 heteroatoms. The zero-order chi connectivity index (χ0) is 13.7. The summed E-state index contributed by atoms with van der Waals surface area (Å²) in [6.45, 7) is 6.50. The van der Waals surface area contributed by atoms with Crippen molar-refractivity contribution >= 4 is 15.9 Å². The molecule has 0 saturated carbocycles. The molecule has 2 unspecified atom stereocenters. The number of fused-ring (bicyclic) bond motifs is 1. The van der Waals surface area contributed by atoms with E-state index in [9.17, 15) is 0 Å². The van der Waals surface area contributed by atoms with Crippen molar-refractivity contribution in [1.82, 2.24) is 5.32 Å². The molecule has 106 valence electrons. The van der Waals surface area contributed by atoms with E-state index in [2.05, 4.69) is 46.4 Å². The molecule has 1 aliphatic heterocycles. The van der Waals surface area contributed by atoms with Gasteiger partial charge >= 0.3 is 0 Å². The first-order valence-corrected chi connectivity index (χ1v) is 7.76. The third-order valence-electron chi connectivity index (χ3n) is 3.30. The Labute approximate surface area is 123 Å². The number of hydrogen-bond donors (Lipinski definition) is 1. The molecule has 0 radical (unpaired) electrons. The van der Waals surface area contributed by atoms with Crippen molar-refractivity contribution in [1.29, 1.82) is 0 Å². The summed E-state index contributed by atoms with van der Waals surface area (Å²) >= 11 is 3.50. The van der Waals surface area contributed by atoms with E-state index >= 15 is 0 Å². The van der Waals surface area contributed by atoms with Crippen LogP contribution in [0.25, 0.3) is 0 Å². The molecule has 0 spiro atoms. The summed E-state index contributed by atoms with van der Waals surface area (Å²) < 4.78 is 12.4. The minimum Gasteiger partial charge on any atom is -0.493 e. The van der Waals surface area contributed by atoms with E-state index in [0.717, 1.165) is 42.9 Å². The highest BCUT2D eigenvalue weighted by atomic mass is 79.9. The topological polar surface area (TPSA) is 30.5 Å². The third-order valence-corrected chi connectivity index (χ3v) is 3.80. The van der Waals surface area contributed by atoms with Crippen molar-refractivity contribution in [3.63, 3.8) is 0 Å². The minimum atomic E-state index is 0.347. The molecule has 2 atom stereocenters. The smallest absolute Gasteiger partial charge is 0.125 e. The van der Waals surface area contributed by atoms with Crippen molar-refractivity contribution in [2.24, 2.45) is 0 Å². The summed E-state index contributed by atoms with van der Waals surface area (Å²) in [6, 6.07) is 6.98. The lowest BCUT2D eigenvalue weighted by molar-refractivity contribution is 0.123. The Morgan fingerprint density at radius 2 is 2.37 bits per heavy atom. The molecule has 19 heavy (non-hydrogen) atoms. The van der Waals surface area contributed by atoms with Crippen molar-refractivity contribution < 1.29 is 9.47 Å². The number of benzene rings is 1. The van der Waals surface area contributed by atoms with Crippen molar-refractivity contribution in [3.05, 3.63) is 28.2 Å². The van der Waals surface area contributed by atoms with Gasteiger partial charge in [-0.2, -0.15) is 0 Å². The van der Waals surface area contributed by atoms with Gasteiger partial charge in [0.25, 0.3) is 0 Å². The maximum Gasteiger partial charge on any atom is 0.125 e. The first-order chi connectivity index (χ1) is 9.20. The molecule has 0 amide bonds. The largest absolute Gasteiger partial charge is 0.493 e. The number of ether oxygens (including phenoxy) is 2. The van der Waals surface area contributed by atoms with Gasteiger partial charge in [-0.25, -0.2) is 0 Å². The molecule has 1 N–H and O–H groups in total. The Balaban J connectivity index is 2.08. The second-order valence-electron chi connectivity index (χ2n) is 4.95. The van der Waals surface area contributed by atoms with E-state index < -0.39 is 0 Å². The van der Waals surface area contributed by atoms with Crippen LogP contribution in [0.15, 0.2) is 22.7 Å². The van der Waals surface area contributed by atoms with Crippen LogP contribution in [0.5, 0.6) is 5.75 Å². The lowest BCUT2D eigenvalue weighted by Crippen LogP contribution is -2.34. The first kappa shape index (κ1) is 14.8. The fraction of sp³-hybridized carbons (Fsp3) is 0.600. The molecule has 0 saturated heterocycles. The molecule has 2 rings (SSSR count). The van der Waals surface area contributed by atoms with Crippen molar-refractivity contribution in [2.45, 2.75) is 38.8 Å². The van der Waals surface area contributed by atoms with E-state index in [-0.39, 0.29) is 0 Å². The molecule has 3 nitrogen and oxygen atoms in total. The first-order valence-electron chi connectivity index (χ1n) is 6.96. The average molecular weight is 328 g/mol. The predicted molar refractivity (Wildman–Crippen MR) is 80.7 cm³/mol. The van der Waals surface area contributed by atoms with Crippen LogP contribution in [0.2, 0.25) is 0 Å². The SMILES string of the molecule is CCOCC(C)NC1CCCOc2cc(Br)ccc21. The Morgan fingerprint density at radius 3 is 3.16 bits per heavy atom.